The molecule has 1 aliphatic carbocycles. The van der Waals surface area contributed by atoms with E-state index < -0.39 is 10.8 Å². The van der Waals surface area contributed by atoms with Crippen LogP contribution in [0.5, 0.6) is 0 Å². The molecule has 4 aliphatic heterocycles. The van der Waals surface area contributed by atoms with Crippen molar-refractivity contribution >= 4 is 29.0 Å². The monoisotopic (exact) mass is 660 g/mol. The van der Waals surface area contributed by atoms with Crippen molar-refractivity contribution in [2.75, 3.05) is 13.1 Å². The van der Waals surface area contributed by atoms with Crippen molar-refractivity contribution in [3.05, 3.63) is 141 Å². The molecule has 0 N–H and O–H groups in total. The first kappa shape index (κ1) is 30.1. The van der Waals surface area contributed by atoms with Gasteiger partial charge in [-0.1, -0.05) is 115 Å². The highest BCUT2D eigenvalue weighted by Crippen LogP contribution is 2.73. The first-order valence-corrected chi connectivity index (χ1v) is 18.5. The second kappa shape index (κ2) is 11.6. The maximum absolute atomic E-state index is 16.8. The molecule has 3 nitrogen and oxygen atoms in total. The van der Waals surface area contributed by atoms with Gasteiger partial charge in [-0.2, -0.15) is 0 Å². The van der Waals surface area contributed by atoms with Gasteiger partial charge >= 0.3 is 0 Å². The van der Waals surface area contributed by atoms with Gasteiger partial charge in [0, 0.05) is 46.0 Å². The number of ketones is 1. The number of fused-ring (bicyclic) bond motifs is 2. The third kappa shape index (κ3) is 4.36. The lowest BCUT2D eigenvalue weighted by molar-refractivity contribution is -0.151. The van der Waals surface area contributed by atoms with Gasteiger partial charge in [0.05, 0.1) is 10.8 Å². The molecule has 8 unspecified atom stereocenters. The summed E-state index contributed by atoms with van der Waals surface area (Å²) in [7, 11) is 0. The standard InChI is InChI=1S/C42H42Cl2N2O/c43-32-20-16-29(17-21-32)37-35-15-8-26-45(35)38(30-12-5-2-6-13-30)42(37)25-9-24-41(40(42)47)36(28-10-3-1-4-11-28)34-14-7-27-46(34)39(41)31-18-22-33(44)23-19-31/h1-6,10-13,16-23,34-39H,7-9,14-15,24-27H2. The van der Waals surface area contributed by atoms with Crippen LogP contribution in [0.4, 0.5) is 0 Å². The number of hydrogen-bond acceptors (Lipinski definition) is 3. The molecule has 0 bridgehead atoms. The summed E-state index contributed by atoms with van der Waals surface area (Å²) < 4.78 is 0. The Labute approximate surface area is 288 Å². The highest BCUT2D eigenvalue weighted by Gasteiger charge is 2.74. The SMILES string of the molecule is O=C1C2(CCCC13C(c1ccccc1)C1CCCN1C3c1ccc(Cl)cc1)C(c1ccc(Cl)cc1)C1CCCN1C2c1ccccc1. The first-order valence-electron chi connectivity index (χ1n) is 17.7. The van der Waals surface area contributed by atoms with E-state index in [4.69, 9.17) is 23.2 Å². The smallest absolute Gasteiger partial charge is 0.150 e. The molecule has 1 saturated carbocycles. The van der Waals surface area contributed by atoms with E-state index in [1.165, 1.54) is 35.1 Å². The third-order valence-electron chi connectivity index (χ3n) is 12.9. The van der Waals surface area contributed by atoms with Crippen LogP contribution in [0.1, 0.15) is 91.1 Å². The molecule has 5 heteroatoms. The summed E-state index contributed by atoms with van der Waals surface area (Å²) in [6, 6.07) is 39.8. The molecule has 47 heavy (non-hydrogen) atoms. The third-order valence-corrected chi connectivity index (χ3v) is 13.4. The maximum Gasteiger partial charge on any atom is 0.150 e. The van der Waals surface area contributed by atoms with Crippen LogP contribution >= 0.6 is 23.2 Å². The van der Waals surface area contributed by atoms with Crippen LogP contribution in [0.3, 0.4) is 0 Å². The summed E-state index contributed by atoms with van der Waals surface area (Å²) in [4.78, 5) is 22.3. The summed E-state index contributed by atoms with van der Waals surface area (Å²) in [6.07, 6.45) is 7.44. The molecule has 0 aromatic heterocycles. The summed E-state index contributed by atoms with van der Waals surface area (Å²) in [6.45, 7) is 2.06. The zero-order valence-electron chi connectivity index (χ0n) is 26.8. The van der Waals surface area contributed by atoms with Gasteiger partial charge < -0.3 is 0 Å². The lowest BCUT2D eigenvalue weighted by Crippen LogP contribution is -2.56. The van der Waals surface area contributed by atoms with E-state index in [-0.39, 0.29) is 23.9 Å². The lowest BCUT2D eigenvalue weighted by Gasteiger charge is -2.54. The fraction of sp³-hybridized carbons (Fsp3) is 0.405. The van der Waals surface area contributed by atoms with Crippen LogP contribution < -0.4 is 0 Å². The quantitative estimate of drug-likeness (QED) is 0.218. The topological polar surface area (TPSA) is 23.6 Å². The van der Waals surface area contributed by atoms with Crippen molar-refractivity contribution in [1.29, 1.82) is 0 Å². The predicted octanol–water partition coefficient (Wildman–Crippen LogP) is 10.0. The molecule has 4 heterocycles. The number of halogens is 2. The zero-order chi connectivity index (χ0) is 31.8. The molecule has 0 amide bonds. The average Bonchev–Trinajstić information content (AvgIpc) is 3.86. The Bertz CT molecular complexity index is 1630. The van der Waals surface area contributed by atoms with E-state index in [1.807, 2.05) is 24.3 Å². The fourth-order valence-electron chi connectivity index (χ4n) is 11.7. The number of rotatable bonds is 4. The van der Waals surface area contributed by atoms with Crippen LogP contribution in [0.25, 0.3) is 0 Å². The van der Waals surface area contributed by atoms with Gasteiger partial charge in [0.1, 0.15) is 5.78 Å². The normalized spacial score (nSPS) is 35.1. The number of carbonyl (C=O) groups is 1. The lowest BCUT2D eigenvalue weighted by atomic mass is 9.47. The zero-order valence-corrected chi connectivity index (χ0v) is 28.3. The Morgan fingerprint density at radius 3 is 1.40 bits per heavy atom. The van der Waals surface area contributed by atoms with Crippen LogP contribution in [-0.2, 0) is 4.79 Å². The van der Waals surface area contributed by atoms with Crippen LogP contribution in [0.2, 0.25) is 10.0 Å². The van der Waals surface area contributed by atoms with Crippen molar-refractivity contribution < 1.29 is 4.79 Å². The Balaban J connectivity index is 1.32. The Morgan fingerprint density at radius 1 is 0.511 bits per heavy atom. The minimum Gasteiger partial charge on any atom is -0.298 e. The second-order valence-electron chi connectivity index (χ2n) is 14.8. The van der Waals surface area contributed by atoms with Crippen LogP contribution in [0, 0.1) is 10.8 Å². The van der Waals surface area contributed by atoms with E-state index in [2.05, 4.69) is 94.7 Å². The molecule has 4 aromatic carbocycles. The van der Waals surface area contributed by atoms with E-state index >= 15 is 4.79 Å². The number of Topliss-reactive ketones (excluding diaryl/α,β-unsaturated/α-hetero) is 1. The van der Waals surface area contributed by atoms with Crippen molar-refractivity contribution in [1.82, 2.24) is 9.80 Å². The van der Waals surface area contributed by atoms with Crippen molar-refractivity contribution in [3.8, 4) is 0 Å². The molecule has 5 aliphatic rings. The number of nitrogens with zero attached hydrogens (tertiary/aromatic N) is 2. The maximum atomic E-state index is 16.8. The van der Waals surface area contributed by atoms with E-state index in [0.717, 1.165) is 55.2 Å². The van der Waals surface area contributed by atoms with Crippen molar-refractivity contribution in [3.63, 3.8) is 0 Å². The molecule has 4 aromatic rings. The molecular weight excluding hydrogens is 619 g/mol. The molecule has 9 rings (SSSR count). The molecule has 5 fully saturated rings. The van der Waals surface area contributed by atoms with Gasteiger partial charge in [0.25, 0.3) is 0 Å². The summed E-state index contributed by atoms with van der Waals surface area (Å²) in [5.74, 6) is 0.742. The summed E-state index contributed by atoms with van der Waals surface area (Å²) in [5.41, 5.74) is 4.00. The molecule has 2 spiro atoms. The highest BCUT2D eigenvalue weighted by atomic mass is 35.5. The van der Waals surface area contributed by atoms with Gasteiger partial charge in [-0.3, -0.25) is 14.6 Å². The first-order chi connectivity index (χ1) is 23.0. The van der Waals surface area contributed by atoms with Gasteiger partial charge in [-0.25, -0.2) is 0 Å². The van der Waals surface area contributed by atoms with Crippen molar-refractivity contribution in [2.45, 2.75) is 80.9 Å². The summed E-state index contributed by atoms with van der Waals surface area (Å²) in [5, 5.41) is 1.49. The summed E-state index contributed by atoms with van der Waals surface area (Å²) >= 11 is 13.0. The Morgan fingerprint density at radius 2 is 0.915 bits per heavy atom. The van der Waals surface area contributed by atoms with Gasteiger partial charge in [-0.05, 0) is 98.1 Å². The number of hydrogen-bond donors (Lipinski definition) is 0. The molecular formula is C42H42Cl2N2O. The minimum atomic E-state index is -0.560. The predicted molar refractivity (Wildman–Crippen MR) is 190 cm³/mol. The molecule has 0 radical (unpaired) electrons. The highest BCUT2D eigenvalue weighted by molar-refractivity contribution is 6.30. The Kier molecular flexibility index (Phi) is 7.43. The molecule has 4 saturated heterocycles. The minimum absolute atomic E-state index is 0.0138. The van der Waals surface area contributed by atoms with E-state index in [0.29, 0.717) is 17.9 Å². The molecule has 8 atom stereocenters. The van der Waals surface area contributed by atoms with Gasteiger partial charge in [0.2, 0.25) is 0 Å². The second-order valence-corrected chi connectivity index (χ2v) is 15.7. The van der Waals surface area contributed by atoms with Gasteiger partial charge in [-0.15, -0.1) is 0 Å². The molecule has 240 valence electrons. The van der Waals surface area contributed by atoms with E-state index in [9.17, 15) is 0 Å². The fourth-order valence-corrected chi connectivity index (χ4v) is 11.9. The Hall–Kier alpha value is -2.95. The average molecular weight is 662 g/mol. The van der Waals surface area contributed by atoms with Crippen molar-refractivity contribution in [2.24, 2.45) is 10.8 Å². The van der Waals surface area contributed by atoms with E-state index in [1.54, 1.807) is 0 Å². The number of carbonyl (C=O) groups excluding carboxylic acids is 1. The van der Waals surface area contributed by atoms with Gasteiger partial charge in [0.15, 0.2) is 0 Å². The van der Waals surface area contributed by atoms with Crippen LogP contribution in [-0.4, -0.2) is 40.8 Å². The largest absolute Gasteiger partial charge is 0.298 e. The van der Waals surface area contributed by atoms with Crippen LogP contribution in [0.15, 0.2) is 109 Å². The number of benzene rings is 4.